The number of rotatable bonds is 5. The van der Waals surface area contributed by atoms with E-state index in [2.05, 4.69) is 58.1 Å². The van der Waals surface area contributed by atoms with E-state index < -0.39 is 0 Å². The van der Waals surface area contributed by atoms with Gasteiger partial charge in [-0.25, -0.2) is 0 Å². The lowest BCUT2D eigenvalue weighted by Crippen LogP contribution is -2.54. The zero-order valence-corrected chi connectivity index (χ0v) is 23.7. The molecule has 0 bridgehead atoms. The zero-order valence-electron chi connectivity index (χ0n) is 22.0. The number of furan rings is 1. The maximum Gasteiger partial charge on any atom is 0.303 e. The second-order valence-electron chi connectivity index (χ2n) is 13.2. The molecule has 4 fully saturated rings. The molecule has 0 unspecified atom stereocenters. The summed E-state index contributed by atoms with van der Waals surface area (Å²) in [6.07, 6.45) is 12.3. The predicted octanol–water partition coefficient (Wildman–Crippen LogP) is 8.36. The minimum atomic E-state index is -0.221. The van der Waals surface area contributed by atoms with Gasteiger partial charge in [0, 0.05) is 24.0 Å². The van der Waals surface area contributed by atoms with Crippen molar-refractivity contribution in [1.82, 2.24) is 0 Å². The van der Waals surface area contributed by atoms with Gasteiger partial charge in [0.1, 0.15) is 6.10 Å². The van der Waals surface area contributed by atoms with E-state index in [9.17, 15) is 4.79 Å². The first-order valence-electron chi connectivity index (χ1n) is 13.4. The van der Waals surface area contributed by atoms with Crippen molar-refractivity contribution in [2.75, 3.05) is 11.5 Å². The number of ether oxygens (including phenoxy) is 1. The first kappa shape index (κ1) is 25.1. The molecule has 1 aliphatic heterocycles. The topological polar surface area (TPSA) is 39.4 Å². The highest BCUT2D eigenvalue weighted by Crippen LogP contribution is 2.76. The van der Waals surface area contributed by atoms with Gasteiger partial charge in [-0.3, -0.25) is 4.79 Å². The summed E-state index contributed by atoms with van der Waals surface area (Å²) >= 11 is 4.38. The van der Waals surface area contributed by atoms with Gasteiger partial charge in [0.05, 0.1) is 17.1 Å². The van der Waals surface area contributed by atoms with Gasteiger partial charge >= 0.3 is 5.97 Å². The van der Waals surface area contributed by atoms with Gasteiger partial charge in [0.25, 0.3) is 0 Å². The van der Waals surface area contributed by atoms with Crippen LogP contribution in [0.25, 0.3) is 0 Å². The molecule has 3 aliphatic carbocycles. The monoisotopic (exact) mass is 504 g/mol. The third-order valence-electron chi connectivity index (χ3n) is 10.9. The van der Waals surface area contributed by atoms with Crippen LogP contribution in [0.15, 0.2) is 23.0 Å². The van der Waals surface area contributed by atoms with Gasteiger partial charge in [0.15, 0.2) is 0 Å². The molecule has 1 saturated heterocycles. The molecule has 1 aromatic heterocycles. The Balaban J connectivity index is 1.55. The molecule has 190 valence electrons. The van der Waals surface area contributed by atoms with E-state index >= 15 is 0 Å². The molecule has 2 heterocycles. The maximum atomic E-state index is 12.2. The molecular formula is C29H44O3S2. The van der Waals surface area contributed by atoms with Gasteiger partial charge in [-0.05, 0) is 84.0 Å². The Bertz CT molecular complexity index is 891. The third kappa shape index (κ3) is 3.90. The van der Waals surface area contributed by atoms with Crippen molar-refractivity contribution < 1.29 is 13.9 Å². The van der Waals surface area contributed by atoms with Crippen molar-refractivity contribution in [2.24, 2.45) is 39.4 Å². The van der Waals surface area contributed by atoms with Crippen LogP contribution >= 0.6 is 23.5 Å². The van der Waals surface area contributed by atoms with Gasteiger partial charge in [-0.1, -0.05) is 41.0 Å². The van der Waals surface area contributed by atoms with Crippen molar-refractivity contribution in [1.29, 1.82) is 0 Å². The normalized spacial score (nSPS) is 42.7. The van der Waals surface area contributed by atoms with Crippen LogP contribution in [0.5, 0.6) is 0 Å². The molecule has 34 heavy (non-hydrogen) atoms. The van der Waals surface area contributed by atoms with E-state index in [1.165, 1.54) is 50.0 Å². The van der Waals surface area contributed by atoms with Crippen LogP contribution in [-0.4, -0.2) is 22.1 Å². The molecule has 0 radical (unpaired) electrons. The highest BCUT2D eigenvalue weighted by atomic mass is 32.2. The molecule has 3 saturated carbocycles. The molecule has 1 aromatic rings. The number of thioether (sulfide) groups is 2. The minimum Gasteiger partial charge on any atom is -0.472 e. The Morgan fingerprint density at radius 2 is 1.79 bits per heavy atom. The predicted molar refractivity (Wildman–Crippen MR) is 143 cm³/mol. The van der Waals surface area contributed by atoms with Gasteiger partial charge in [0.2, 0.25) is 0 Å². The average molecular weight is 505 g/mol. The Morgan fingerprint density at radius 1 is 1.06 bits per heavy atom. The lowest BCUT2D eigenvalue weighted by molar-refractivity contribution is -0.151. The average Bonchev–Trinajstić information content (AvgIpc) is 3.50. The highest BCUT2D eigenvalue weighted by molar-refractivity contribution is 8.20. The van der Waals surface area contributed by atoms with Gasteiger partial charge < -0.3 is 9.15 Å². The van der Waals surface area contributed by atoms with E-state index in [1.807, 2.05) is 6.07 Å². The minimum absolute atomic E-state index is 0.193. The first-order valence-corrected chi connectivity index (χ1v) is 15.5. The molecule has 4 aliphatic rings. The Labute approximate surface area is 215 Å². The number of hydrogen-bond donors (Lipinski definition) is 0. The number of fused-ring (bicyclic) bond motifs is 3. The summed E-state index contributed by atoms with van der Waals surface area (Å²) in [5, 5.41) is 0. The molecule has 0 amide bonds. The van der Waals surface area contributed by atoms with Gasteiger partial charge in [-0.15, -0.1) is 23.5 Å². The van der Waals surface area contributed by atoms with Crippen LogP contribution in [0.1, 0.15) is 98.2 Å². The van der Waals surface area contributed by atoms with Crippen molar-refractivity contribution in [3.05, 3.63) is 24.2 Å². The first-order chi connectivity index (χ1) is 16.0. The second-order valence-corrected chi connectivity index (χ2v) is 15.9. The summed E-state index contributed by atoms with van der Waals surface area (Å²) < 4.78 is 12.1. The Hall–Kier alpha value is -0.550. The molecule has 3 nitrogen and oxygen atoms in total. The van der Waals surface area contributed by atoms with E-state index in [0.29, 0.717) is 21.3 Å². The molecule has 5 rings (SSSR count). The van der Waals surface area contributed by atoms with E-state index in [-0.39, 0.29) is 22.9 Å². The van der Waals surface area contributed by atoms with Crippen LogP contribution in [0.2, 0.25) is 0 Å². The van der Waals surface area contributed by atoms with Crippen molar-refractivity contribution in [3.8, 4) is 0 Å². The van der Waals surface area contributed by atoms with E-state index in [1.54, 1.807) is 19.5 Å². The summed E-state index contributed by atoms with van der Waals surface area (Å²) in [7, 11) is 0. The van der Waals surface area contributed by atoms with Crippen molar-refractivity contribution in [2.45, 2.75) is 97.2 Å². The Kier molecular flexibility index (Phi) is 6.49. The molecule has 0 spiro atoms. The number of carbonyl (C=O) groups is 1. The fourth-order valence-electron chi connectivity index (χ4n) is 9.57. The molecule has 0 aromatic carbocycles. The van der Waals surface area contributed by atoms with Crippen molar-refractivity contribution in [3.63, 3.8) is 0 Å². The van der Waals surface area contributed by atoms with Crippen molar-refractivity contribution >= 4 is 29.5 Å². The van der Waals surface area contributed by atoms with Crippen LogP contribution in [0, 0.1) is 39.4 Å². The summed E-state index contributed by atoms with van der Waals surface area (Å²) in [6.45, 7) is 14.5. The fraction of sp³-hybridized carbons (Fsp3) is 0.828. The fourth-order valence-corrected chi connectivity index (χ4v) is 13.0. The van der Waals surface area contributed by atoms with E-state index in [0.717, 1.165) is 23.8 Å². The lowest BCUT2D eigenvalue weighted by atomic mass is 9.43. The quantitative estimate of drug-likeness (QED) is 0.377. The summed E-state index contributed by atoms with van der Waals surface area (Å²) in [5.74, 6) is 4.41. The zero-order chi connectivity index (χ0) is 24.4. The molecule has 7 atom stereocenters. The van der Waals surface area contributed by atoms with Gasteiger partial charge in [-0.2, -0.15) is 0 Å². The summed E-state index contributed by atoms with van der Waals surface area (Å²) in [6, 6.07) is 1.99. The van der Waals surface area contributed by atoms with Crippen LogP contribution in [-0.2, 0) is 9.53 Å². The number of esters is 1. The second kappa shape index (κ2) is 8.78. The van der Waals surface area contributed by atoms with Crippen LogP contribution < -0.4 is 0 Å². The van der Waals surface area contributed by atoms with Crippen LogP contribution in [0.4, 0.5) is 0 Å². The molecule has 5 heteroatoms. The van der Waals surface area contributed by atoms with E-state index in [4.69, 9.17) is 9.15 Å². The lowest BCUT2D eigenvalue weighted by Gasteiger charge is -2.62. The SMILES string of the molecule is CC(=O)O[C@@H](C[C@H]1[C@]2(C)CC[C@H]3C(C)(C)CCC[C@]3(C)[C@H]2C[C@]1(C)C1SCCS1)c1ccoc1. The van der Waals surface area contributed by atoms with Crippen LogP contribution in [0.3, 0.4) is 0 Å². The summed E-state index contributed by atoms with van der Waals surface area (Å²) in [4.78, 5) is 12.2. The number of hydrogen-bond acceptors (Lipinski definition) is 5. The summed E-state index contributed by atoms with van der Waals surface area (Å²) in [5.41, 5.74) is 2.38. The third-order valence-corrected chi connectivity index (χ3v) is 14.5. The maximum absolute atomic E-state index is 12.2. The standard InChI is InChI=1S/C29H44O3S2/c1-19(30)32-21(20-9-13-31-18-20)16-23-28(5)12-8-22-26(2,3)10-7-11-27(22,4)24(28)17-29(23,6)25-33-14-15-34-25/h9,13,18,21-25H,7-8,10-12,14-17H2,1-6H3/t21-,22-,23-,24+,27-,28-,29-/m0/s1. The highest BCUT2D eigenvalue weighted by Gasteiger charge is 2.68. The number of carbonyl (C=O) groups excluding carboxylic acids is 1. The Morgan fingerprint density at radius 3 is 2.44 bits per heavy atom. The largest absolute Gasteiger partial charge is 0.472 e. The molecular weight excluding hydrogens is 460 g/mol. The smallest absolute Gasteiger partial charge is 0.303 e. The molecule has 0 N–H and O–H groups in total.